The molecule has 1 fully saturated rings. The summed E-state index contributed by atoms with van der Waals surface area (Å²) in [6, 6.07) is 10.1. The first-order chi connectivity index (χ1) is 7.75. The monoisotopic (exact) mass is 281 g/mol. The fraction of sp³-hybridized carbons (Fsp3) is 0.462. The van der Waals surface area contributed by atoms with E-state index in [0.717, 1.165) is 0 Å². The molecule has 1 aliphatic carbocycles. The van der Waals surface area contributed by atoms with E-state index in [1.165, 1.54) is 18.4 Å². The molecule has 2 nitrogen and oxygen atoms in total. The number of carbonyl (C=O) groups excluding carboxylic acids is 1. The van der Waals surface area contributed by atoms with E-state index in [1.54, 1.807) is 0 Å². The number of carbonyl (C=O) groups is 1. The van der Waals surface area contributed by atoms with Crippen LogP contribution in [0.4, 0.5) is 0 Å². The van der Waals surface area contributed by atoms with Crippen molar-refractivity contribution >= 4 is 21.8 Å². The molecule has 86 valence electrons. The Kier molecular flexibility index (Phi) is 3.99. The molecule has 1 aliphatic rings. The third-order valence-electron chi connectivity index (χ3n) is 2.81. The molecule has 1 aromatic rings. The minimum absolute atomic E-state index is 0.183. The Labute approximate surface area is 105 Å². The van der Waals surface area contributed by atoms with Crippen molar-refractivity contribution in [3.05, 3.63) is 35.9 Å². The van der Waals surface area contributed by atoms with Gasteiger partial charge in [0.25, 0.3) is 0 Å². The van der Waals surface area contributed by atoms with Crippen LogP contribution in [0.3, 0.4) is 0 Å². The normalized spacial score (nSPS) is 16.8. The van der Waals surface area contributed by atoms with Gasteiger partial charge in [-0.3, -0.25) is 4.79 Å². The predicted octanol–water partition coefficient (Wildman–Crippen LogP) is 3.04. The van der Waals surface area contributed by atoms with Crippen molar-refractivity contribution in [2.75, 3.05) is 6.54 Å². The van der Waals surface area contributed by atoms with Crippen molar-refractivity contribution in [1.82, 2.24) is 5.32 Å². The number of nitrogens with one attached hydrogen (secondary N) is 1. The van der Waals surface area contributed by atoms with Crippen LogP contribution in [-0.4, -0.2) is 12.5 Å². The first-order valence-electron chi connectivity index (χ1n) is 5.71. The molecule has 16 heavy (non-hydrogen) atoms. The van der Waals surface area contributed by atoms with Crippen LogP contribution in [0, 0.1) is 5.92 Å². The van der Waals surface area contributed by atoms with E-state index in [-0.39, 0.29) is 10.7 Å². The number of hydrogen-bond donors (Lipinski definition) is 1. The molecular weight excluding hydrogens is 266 g/mol. The van der Waals surface area contributed by atoms with Crippen LogP contribution in [0.1, 0.15) is 29.7 Å². The quantitative estimate of drug-likeness (QED) is 0.826. The first-order valence-corrected chi connectivity index (χ1v) is 6.63. The Bertz CT molecular complexity index is 348. The van der Waals surface area contributed by atoms with Crippen molar-refractivity contribution in [3.63, 3.8) is 0 Å². The number of halogens is 1. The second-order valence-corrected chi connectivity index (χ2v) is 5.44. The second-order valence-electron chi connectivity index (χ2n) is 4.33. The standard InChI is InChI=1S/C13H16BrNO/c14-12(11-4-2-1-3-5-11)9-15-13(16)8-10-6-7-10/h1-5,10,12H,6-9H2,(H,15,16). The lowest BCUT2D eigenvalue weighted by atomic mass is 10.1. The number of alkyl halides is 1. The van der Waals surface area contributed by atoms with E-state index < -0.39 is 0 Å². The van der Waals surface area contributed by atoms with E-state index in [4.69, 9.17) is 0 Å². The van der Waals surface area contributed by atoms with Gasteiger partial charge >= 0.3 is 0 Å². The summed E-state index contributed by atoms with van der Waals surface area (Å²) in [5, 5.41) is 2.97. The Morgan fingerprint density at radius 3 is 2.69 bits per heavy atom. The maximum atomic E-state index is 11.5. The predicted molar refractivity (Wildman–Crippen MR) is 68.5 cm³/mol. The molecule has 0 bridgehead atoms. The highest BCUT2D eigenvalue weighted by atomic mass is 79.9. The molecule has 1 N–H and O–H groups in total. The highest BCUT2D eigenvalue weighted by Gasteiger charge is 2.24. The molecule has 1 amide bonds. The van der Waals surface area contributed by atoms with Gasteiger partial charge in [0, 0.05) is 13.0 Å². The Morgan fingerprint density at radius 2 is 2.06 bits per heavy atom. The highest BCUT2D eigenvalue weighted by Crippen LogP contribution is 2.32. The van der Waals surface area contributed by atoms with Crippen LogP contribution in [0.25, 0.3) is 0 Å². The summed E-state index contributed by atoms with van der Waals surface area (Å²) in [4.78, 5) is 11.7. The lowest BCUT2D eigenvalue weighted by Crippen LogP contribution is -2.26. The first kappa shape index (κ1) is 11.6. The molecule has 2 rings (SSSR count). The van der Waals surface area contributed by atoms with E-state index in [0.29, 0.717) is 18.9 Å². The SMILES string of the molecule is O=C(CC1CC1)NCC(Br)c1ccccc1. The molecule has 1 saturated carbocycles. The van der Waals surface area contributed by atoms with Gasteiger partial charge in [0.05, 0.1) is 4.83 Å². The van der Waals surface area contributed by atoms with Crippen molar-refractivity contribution in [2.24, 2.45) is 5.92 Å². The van der Waals surface area contributed by atoms with Gasteiger partial charge in [0.15, 0.2) is 0 Å². The molecule has 0 aliphatic heterocycles. The second kappa shape index (κ2) is 5.48. The summed E-state index contributed by atoms with van der Waals surface area (Å²) < 4.78 is 0. The van der Waals surface area contributed by atoms with E-state index >= 15 is 0 Å². The zero-order chi connectivity index (χ0) is 11.4. The van der Waals surface area contributed by atoms with Crippen LogP contribution >= 0.6 is 15.9 Å². The Hall–Kier alpha value is -0.830. The summed E-state index contributed by atoms with van der Waals surface area (Å²) in [6.45, 7) is 0.662. The number of amides is 1. The molecule has 0 heterocycles. The summed E-state index contributed by atoms with van der Waals surface area (Å²) in [6.07, 6.45) is 3.15. The van der Waals surface area contributed by atoms with Crippen LogP contribution in [0.15, 0.2) is 30.3 Å². The Morgan fingerprint density at radius 1 is 1.38 bits per heavy atom. The molecular formula is C13H16BrNO. The van der Waals surface area contributed by atoms with Gasteiger partial charge in [-0.25, -0.2) is 0 Å². The van der Waals surface area contributed by atoms with Gasteiger partial charge in [-0.1, -0.05) is 46.3 Å². The van der Waals surface area contributed by atoms with Gasteiger partial charge in [-0.15, -0.1) is 0 Å². The molecule has 3 heteroatoms. The van der Waals surface area contributed by atoms with Gasteiger partial charge in [0.2, 0.25) is 5.91 Å². The van der Waals surface area contributed by atoms with E-state index in [1.807, 2.05) is 18.2 Å². The molecule has 1 atom stereocenters. The fourth-order valence-electron chi connectivity index (χ4n) is 1.64. The third kappa shape index (κ3) is 3.63. The lowest BCUT2D eigenvalue weighted by molar-refractivity contribution is -0.121. The van der Waals surface area contributed by atoms with Crippen molar-refractivity contribution in [2.45, 2.75) is 24.1 Å². The van der Waals surface area contributed by atoms with Crippen LogP contribution in [0.2, 0.25) is 0 Å². The molecule has 1 unspecified atom stereocenters. The molecule has 0 saturated heterocycles. The molecule has 0 spiro atoms. The zero-order valence-electron chi connectivity index (χ0n) is 9.16. The van der Waals surface area contributed by atoms with Gasteiger partial charge in [0.1, 0.15) is 0 Å². The summed E-state index contributed by atoms with van der Waals surface area (Å²) in [7, 11) is 0. The number of hydrogen-bond acceptors (Lipinski definition) is 1. The van der Waals surface area contributed by atoms with Gasteiger partial charge in [-0.05, 0) is 24.3 Å². The van der Waals surface area contributed by atoms with Crippen molar-refractivity contribution < 1.29 is 4.79 Å². The summed E-state index contributed by atoms with van der Waals surface area (Å²) >= 11 is 3.58. The summed E-state index contributed by atoms with van der Waals surface area (Å²) in [5.74, 6) is 0.841. The molecule has 0 radical (unpaired) electrons. The minimum Gasteiger partial charge on any atom is -0.355 e. The Balaban J connectivity index is 1.74. The largest absolute Gasteiger partial charge is 0.355 e. The van der Waals surface area contributed by atoms with Gasteiger partial charge < -0.3 is 5.32 Å². The maximum Gasteiger partial charge on any atom is 0.220 e. The molecule has 0 aromatic heterocycles. The average Bonchev–Trinajstić information content (AvgIpc) is 3.11. The van der Waals surface area contributed by atoms with Crippen LogP contribution in [0.5, 0.6) is 0 Å². The van der Waals surface area contributed by atoms with Crippen molar-refractivity contribution in [3.8, 4) is 0 Å². The minimum atomic E-state index is 0.183. The summed E-state index contributed by atoms with van der Waals surface area (Å²) in [5.41, 5.74) is 1.20. The number of rotatable bonds is 5. The van der Waals surface area contributed by atoms with E-state index in [9.17, 15) is 4.79 Å². The fourth-order valence-corrected chi connectivity index (χ4v) is 2.11. The third-order valence-corrected chi connectivity index (χ3v) is 3.66. The van der Waals surface area contributed by atoms with E-state index in [2.05, 4.69) is 33.4 Å². The van der Waals surface area contributed by atoms with Crippen molar-refractivity contribution in [1.29, 1.82) is 0 Å². The lowest BCUT2D eigenvalue weighted by Gasteiger charge is -2.11. The van der Waals surface area contributed by atoms with Crippen LogP contribution in [-0.2, 0) is 4.79 Å². The van der Waals surface area contributed by atoms with Gasteiger partial charge in [-0.2, -0.15) is 0 Å². The van der Waals surface area contributed by atoms with Crippen LogP contribution < -0.4 is 5.32 Å². The topological polar surface area (TPSA) is 29.1 Å². The highest BCUT2D eigenvalue weighted by molar-refractivity contribution is 9.09. The zero-order valence-corrected chi connectivity index (χ0v) is 10.7. The smallest absolute Gasteiger partial charge is 0.220 e. The molecule has 1 aromatic carbocycles. The number of benzene rings is 1. The maximum absolute atomic E-state index is 11.5. The average molecular weight is 282 g/mol.